The fourth-order valence-electron chi connectivity index (χ4n) is 5.18. The summed E-state index contributed by atoms with van der Waals surface area (Å²) in [4.78, 5) is 35.1. The van der Waals surface area contributed by atoms with E-state index < -0.39 is 23.5 Å². The number of hydrogen-bond donors (Lipinski definition) is 1. The van der Waals surface area contributed by atoms with Gasteiger partial charge in [-0.25, -0.2) is 0 Å². The Bertz CT molecular complexity index is 1440. The Morgan fingerprint density at radius 3 is 2.23 bits per heavy atom. The number of halogens is 2. The molecule has 0 spiro atoms. The zero-order valence-electron chi connectivity index (χ0n) is 21.5. The minimum absolute atomic E-state index is 0.0194. The first-order valence-corrected chi connectivity index (χ1v) is 13.3. The number of ketones is 1. The highest BCUT2D eigenvalue weighted by atomic mass is 35.5. The van der Waals surface area contributed by atoms with Gasteiger partial charge in [0.2, 0.25) is 0 Å². The molecule has 0 aliphatic carbocycles. The standard InChI is InChI=1S/C29H27Cl2N3O5/c1-38-27-19(16-20(30)28(39-2)23(27)31)25(35)22-24(21-8-4-5-13-32-21)34(29(37)26(22)36)18-11-9-17(10-12-18)33-14-6-3-7-15-33/h4-5,8-13,16,24,35H,3,6-7,14-15H2,1-2H3/b25-22+. The molecule has 39 heavy (non-hydrogen) atoms. The first-order valence-electron chi connectivity index (χ1n) is 12.5. The lowest BCUT2D eigenvalue weighted by atomic mass is 9.97. The van der Waals surface area contributed by atoms with Crippen molar-refractivity contribution in [1.82, 2.24) is 4.98 Å². The zero-order chi connectivity index (χ0) is 27.7. The van der Waals surface area contributed by atoms with Gasteiger partial charge in [0.05, 0.1) is 36.1 Å². The molecular formula is C29H27Cl2N3O5. The van der Waals surface area contributed by atoms with Crippen LogP contribution < -0.4 is 19.3 Å². The number of rotatable bonds is 6. The van der Waals surface area contributed by atoms with E-state index in [1.807, 2.05) is 24.3 Å². The number of carbonyl (C=O) groups excluding carboxylic acids is 2. The Labute approximate surface area is 236 Å². The van der Waals surface area contributed by atoms with Crippen molar-refractivity contribution in [3.8, 4) is 11.5 Å². The molecule has 2 fully saturated rings. The molecule has 5 rings (SSSR count). The van der Waals surface area contributed by atoms with E-state index in [1.165, 1.54) is 31.6 Å². The Balaban J connectivity index is 1.65. The van der Waals surface area contributed by atoms with Gasteiger partial charge in [-0.2, -0.15) is 0 Å². The molecule has 10 heteroatoms. The molecule has 1 N–H and O–H groups in total. The molecule has 0 radical (unpaired) electrons. The van der Waals surface area contributed by atoms with Gasteiger partial charge in [-0.1, -0.05) is 29.3 Å². The Hall–Kier alpha value is -3.75. The number of methoxy groups -OCH3 is 2. The van der Waals surface area contributed by atoms with Crippen LogP contribution in [0.1, 0.15) is 36.6 Å². The average Bonchev–Trinajstić information content (AvgIpc) is 3.23. The molecule has 0 bridgehead atoms. The van der Waals surface area contributed by atoms with E-state index in [2.05, 4.69) is 9.88 Å². The molecule has 3 aromatic rings. The van der Waals surface area contributed by atoms with Crippen molar-refractivity contribution >= 4 is 52.0 Å². The highest BCUT2D eigenvalue weighted by Crippen LogP contribution is 2.48. The molecule has 8 nitrogen and oxygen atoms in total. The molecule has 2 aliphatic heterocycles. The van der Waals surface area contributed by atoms with Gasteiger partial charge in [0.15, 0.2) is 11.5 Å². The molecule has 2 aromatic carbocycles. The number of aliphatic hydroxyl groups excluding tert-OH is 1. The number of aliphatic hydroxyl groups is 1. The number of amides is 1. The number of aromatic nitrogens is 1. The molecule has 2 aliphatic rings. The topological polar surface area (TPSA) is 92.2 Å². The number of pyridine rings is 1. The van der Waals surface area contributed by atoms with Crippen molar-refractivity contribution in [2.75, 3.05) is 37.1 Å². The third kappa shape index (κ3) is 4.79. The van der Waals surface area contributed by atoms with E-state index in [9.17, 15) is 14.7 Å². The largest absolute Gasteiger partial charge is 0.507 e. The summed E-state index contributed by atoms with van der Waals surface area (Å²) in [6, 6.07) is 13.1. The van der Waals surface area contributed by atoms with E-state index in [0.29, 0.717) is 11.4 Å². The van der Waals surface area contributed by atoms with Gasteiger partial charge < -0.3 is 19.5 Å². The van der Waals surface area contributed by atoms with Crippen LogP contribution in [0.25, 0.3) is 5.76 Å². The fourth-order valence-corrected chi connectivity index (χ4v) is 5.87. The minimum atomic E-state index is -1.00. The summed E-state index contributed by atoms with van der Waals surface area (Å²) in [5, 5.41) is 11.7. The number of hydrogen-bond acceptors (Lipinski definition) is 7. The normalized spacial score (nSPS) is 18.9. The van der Waals surface area contributed by atoms with Crippen LogP contribution in [-0.2, 0) is 9.59 Å². The van der Waals surface area contributed by atoms with Crippen LogP contribution in [0.5, 0.6) is 11.5 Å². The van der Waals surface area contributed by atoms with Gasteiger partial charge in [-0.15, -0.1) is 0 Å². The number of ether oxygens (including phenoxy) is 2. The average molecular weight is 568 g/mol. The van der Waals surface area contributed by atoms with Crippen molar-refractivity contribution < 1.29 is 24.2 Å². The second-order valence-corrected chi connectivity index (χ2v) is 10.1. The molecule has 202 valence electrons. The van der Waals surface area contributed by atoms with Crippen LogP contribution in [0, 0.1) is 0 Å². The molecule has 2 saturated heterocycles. The third-order valence-corrected chi connectivity index (χ3v) is 7.68. The summed E-state index contributed by atoms with van der Waals surface area (Å²) in [6.07, 6.45) is 5.06. The Kier molecular flexibility index (Phi) is 7.68. The van der Waals surface area contributed by atoms with Gasteiger partial charge in [-0.05, 0) is 61.7 Å². The quantitative estimate of drug-likeness (QED) is 0.221. The maximum atomic E-state index is 13.5. The molecule has 1 amide bonds. The summed E-state index contributed by atoms with van der Waals surface area (Å²) < 4.78 is 10.7. The van der Waals surface area contributed by atoms with E-state index in [1.54, 1.807) is 24.4 Å². The van der Waals surface area contributed by atoms with Crippen LogP contribution >= 0.6 is 23.2 Å². The van der Waals surface area contributed by atoms with Gasteiger partial charge in [0, 0.05) is 30.7 Å². The predicted molar refractivity (Wildman–Crippen MR) is 151 cm³/mol. The minimum Gasteiger partial charge on any atom is -0.507 e. The predicted octanol–water partition coefficient (Wildman–Crippen LogP) is 6.02. The smallest absolute Gasteiger partial charge is 0.300 e. The lowest BCUT2D eigenvalue weighted by molar-refractivity contribution is -0.132. The van der Waals surface area contributed by atoms with E-state index in [0.717, 1.165) is 31.6 Å². The van der Waals surface area contributed by atoms with Crippen molar-refractivity contribution in [3.05, 3.63) is 81.6 Å². The lowest BCUT2D eigenvalue weighted by Gasteiger charge is -2.30. The summed E-state index contributed by atoms with van der Waals surface area (Å²) in [7, 11) is 2.76. The van der Waals surface area contributed by atoms with Crippen molar-refractivity contribution in [2.45, 2.75) is 25.3 Å². The molecular weight excluding hydrogens is 541 g/mol. The second-order valence-electron chi connectivity index (χ2n) is 9.27. The summed E-state index contributed by atoms with van der Waals surface area (Å²) in [6.45, 7) is 1.96. The molecule has 1 atom stereocenters. The Morgan fingerprint density at radius 1 is 0.949 bits per heavy atom. The number of carbonyl (C=O) groups is 2. The van der Waals surface area contributed by atoms with Crippen LogP contribution in [-0.4, -0.2) is 49.1 Å². The number of nitrogens with zero attached hydrogens (tertiary/aromatic N) is 3. The zero-order valence-corrected chi connectivity index (χ0v) is 23.0. The van der Waals surface area contributed by atoms with Gasteiger partial charge in [0.1, 0.15) is 16.8 Å². The third-order valence-electron chi connectivity index (χ3n) is 7.06. The van der Waals surface area contributed by atoms with Crippen LogP contribution in [0.15, 0.2) is 60.3 Å². The number of benzene rings is 2. The Morgan fingerprint density at radius 2 is 1.62 bits per heavy atom. The second kappa shape index (κ2) is 11.2. The first-order chi connectivity index (χ1) is 18.9. The van der Waals surface area contributed by atoms with E-state index >= 15 is 0 Å². The van der Waals surface area contributed by atoms with E-state index in [4.69, 9.17) is 32.7 Å². The van der Waals surface area contributed by atoms with Gasteiger partial charge in [-0.3, -0.25) is 19.5 Å². The maximum absolute atomic E-state index is 13.5. The number of piperidine rings is 1. The molecule has 3 heterocycles. The number of anilines is 2. The van der Waals surface area contributed by atoms with Gasteiger partial charge >= 0.3 is 0 Å². The summed E-state index contributed by atoms with van der Waals surface area (Å²) in [5.41, 5.74) is 1.85. The highest BCUT2D eigenvalue weighted by molar-refractivity contribution is 6.52. The summed E-state index contributed by atoms with van der Waals surface area (Å²) in [5.74, 6) is -1.94. The van der Waals surface area contributed by atoms with Crippen molar-refractivity contribution in [2.24, 2.45) is 0 Å². The van der Waals surface area contributed by atoms with Gasteiger partial charge in [0.25, 0.3) is 11.7 Å². The fraction of sp³-hybridized carbons (Fsp3) is 0.276. The number of Topliss-reactive ketones (excluding diaryl/α,β-unsaturated/α-hetero) is 1. The lowest BCUT2D eigenvalue weighted by Crippen LogP contribution is -2.31. The summed E-state index contributed by atoms with van der Waals surface area (Å²) >= 11 is 12.8. The molecule has 1 unspecified atom stereocenters. The highest BCUT2D eigenvalue weighted by Gasteiger charge is 2.48. The maximum Gasteiger partial charge on any atom is 0.300 e. The first kappa shape index (κ1) is 26.8. The van der Waals surface area contributed by atoms with Crippen molar-refractivity contribution in [1.29, 1.82) is 0 Å². The monoisotopic (exact) mass is 567 g/mol. The van der Waals surface area contributed by atoms with Crippen LogP contribution in [0.4, 0.5) is 11.4 Å². The van der Waals surface area contributed by atoms with Crippen LogP contribution in [0.3, 0.4) is 0 Å². The van der Waals surface area contributed by atoms with Crippen LogP contribution in [0.2, 0.25) is 10.0 Å². The molecule has 0 saturated carbocycles. The SMILES string of the molecule is COc1c(Cl)cc(/C(O)=C2\C(=O)C(=O)N(c3ccc(N4CCCCC4)cc3)C2c2ccccn2)c(OC)c1Cl. The van der Waals surface area contributed by atoms with Crippen molar-refractivity contribution in [3.63, 3.8) is 0 Å². The molecule has 1 aromatic heterocycles. The van der Waals surface area contributed by atoms with E-state index in [-0.39, 0.29) is 32.7 Å².